The molecule has 1 N–H and O–H groups in total. The molecule has 0 saturated carbocycles. The third kappa shape index (κ3) is 8.10. The average molecular weight is 893 g/mol. The molecular formula is C49H55Cl2N7O5. The lowest BCUT2D eigenvalue weighted by molar-refractivity contribution is 0.0122. The number of carboxylic acids is 1. The molecule has 3 aliphatic rings. The quantitative estimate of drug-likeness (QED) is 0.127. The van der Waals surface area contributed by atoms with Crippen LogP contribution in [0.15, 0.2) is 48.7 Å². The fourth-order valence-corrected chi connectivity index (χ4v) is 10.6. The number of carbonyl (C=O) groups is 2. The summed E-state index contributed by atoms with van der Waals surface area (Å²) < 4.78 is 16.0. The fourth-order valence-electron chi connectivity index (χ4n) is 10.3. The number of aromatic carboxylic acids is 1. The summed E-state index contributed by atoms with van der Waals surface area (Å²) in [6.07, 6.45) is 5.33. The smallest absolute Gasteiger partial charge is 0.335 e. The van der Waals surface area contributed by atoms with Crippen LogP contribution in [-0.2, 0) is 24.8 Å². The second-order valence-electron chi connectivity index (χ2n) is 17.6. The summed E-state index contributed by atoms with van der Waals surface area (Å²) in [5.41, 5.74) is 9.35. The van der Waals surface area contributed by atoms with E-state index in [0.717, 1.165) is 124 Å². The Balaban J connectivity index is 1.09. The zero-order valence-electron chi connectivity index (χ0n) is 36.9. The normalized spacial score (nSPS) is 17.9. The first-order valence-corrected chi connectivity index (χ1v) is 22.8. The van der Waals surface area contributed by atoms with Crippen molar-refractivity contribution < 1.29 is 24.2 Å². The number of amides is 1. The van der Waals surface area contributed by atoms with Crippen molar-refractivity contribution in [3.05, 3.63) is 104 Å². The minimum absolute atomic E-state index is 0.156. The Morgan fingerprint density at radius 2 is 1.62 bits per heavy atom. The van der Waals surface area contributed by atoms with Gasteiger partial charge in [-0.3, -0.25) is 14.6 Å². The van der Waals surface area contributed by atoms with Crippen LogP contribution in [0.25, 0.3) is 32.9 Å². The van der Waals surface area contributed by atoms with Gasteiger partial charge in [0.25, 0.3) is 5.91 Å². The van der Waals surface area contributed by atoms with E-state index in [1.54, 1.807) is 18.2 Å². The number of nitrogens with zero attached hydrogens (tertiary/aromatic N) is 7. The molecule has 6 heterocycles. The number of rotatable bonds is 11. The third-order valence-electron chi connectivity index (χ3n) is 13.4. The van der Waals surface area contributed by atoms with E-state index < -0.39 is 5.97 Å². The molecule has 12 nitrogen and oxygen atoms in total. The van der Waals surface area contributed by atoms with E-state index in [0.29, 0.717) is 60.4 Å². The largest absolute Gasteiger partial charge is 0.494 e. The number of anilines is 1. The van der Waals surface area contributed by atoms with E-state index in [4.69, 9.17) is 42.6 Å². The number of aromatic nitrogens is 4. The standard InChI is InChI=1S/C49H55Cl2N7O5/c1-28-22-35(23-29(2)45(28)51)63-19-7-8-36-37-10-11-39(50)44(43-31(4)52-42(53-32(43)5)27-55-15-17-56(18-16-55)34-13-20-62-21-14-34)46(37)58-30(3)25-57(48(59)47(36)58)41-26-54(6)40-12-9-33(49(60)61)24-38(40)41/h9-12,22-24,26,30,34H,7-8,13-21,25,27H2,1-6H3,(H,60,61). The number of hydrogen-bond acceptors (Lipinski definition) is 8. The van der Waals surface area contributed by atoms with Crippen molar-refractivity contribution in [1.29, 1.82) is 0 Å². The van der Waals surface area contributed by atoms with Crippen molar-refractivity contribution in [1.82, 2.24) is 28.9 Å². The molecule has 6 aromatic rings. The molecule has 0 radical (unpaired) electrons. The summed E-state index contributed by atoms with van der Waals surface area (Å²) in [6, 6.07) is 13.4. The zero-order valence-corrected chi connectivity index (χ0v) is 38.4. The van der Waals surface area contributed by atoms with Crippen molar-refractivity contribution in [2.75, 3.05) is 57.4 Å². The summed E-state index contributed by atoms with van der Waals surface area (Å²) in [5, 5.41) is 12.8. The molecule has 1 atom stereocenters. The molecule has 0 aliphatic carbocycles. The van der Waals surface area contributed by atoms with Gasteiger partial charge in [-0.1, -0.05) is 29.3 Å². The topological polar surface area (TPSA) is 118 Å². The second-order valence-corrected chi connectivity index (χ2v) is 18.4. The van der Waals surface area contributed by atoms with Crippen LogP contribution in [0.1, 0.15) is 87.0 Å². The van der Waals surface area contributed by atoms with Crippen LogP contribution in [0.3, 0.4) is 0 Å². The predicted octanol–water partition coefficient (Wildman–Crippen LogP) is 9.36. The maximum absolute atomic E-state index is 15.3. The summed E-state index contributed by atoms with van der Waals surface area (Å²) in [6.45, 7) is 17.3. The Morgan fingerprint density at radius 1 is 0.921 bits per heavy atom. The van der Waals surface area contributed by atoms with Crippen molar-refractivity contribution >= 4 is 62.6 Å². The first-order chi connectivity index (χ1) is 30.3. The number of benzene rings is 3. The van der Waals surface area contributed by atoms with Gasteiger partial charge in [0.05, 0.1) is 34.9 Å². The Hall–Kier alpha value is -4.98. The molecule has 3 aromatic heterocycles. The van der Waals surface area contributed by atoms with Crippen LogP contribution in [0, 0.1) is 27.7 Å². The molecular weight excluding hydrogens is 837 g/mol. The molecule has 0 bridgehead atoms. The van der Waals surface area contributed by atoms with Gasteiger partial charge in [0.1, 0.15) is 17.3 Å². The van der Waals surface area contributed by atoms with Crippen molar-refractivity contribution in [3.8, 4) is 16.9 Å². The Labute approximate surface area is 378 Å². The molecule has 1 unspecified atom stereocenters. The molecule has 330 valence electrons. The predicted molar refractivity (Wildman–Crippen MR) is 249 cm³/mol. The van der Waals surface area contributed by atoms with Gasteiger partial charge in [-0.05, 0) is 113 Å². The monoisotopic (exact) mass is 891 g/mol. The number of carbonyl (C=O) groups excluding carboxylic acids is 1. The molecule has 1 amide bonds. The van der Waals surface area contributed by atoms with Crippen LogP contribution >= 0.6 is 23.2 Å². The van der Waals surface area contributed by atoms with Gasteiger partial charge >= 0.3 is 5.97 Å². The van der Waals surface area contributed by atoms with E-state index in [1.165, 1.54) is 0 Å². The van der Waals surface area contributed by atoms with Gasteiger partial charge in [0.15, 0.2) is 0 Å². The van der Waals surface area contributed by atoms with Gasteiger partial charge in [-0.2, -0.15) is 0 Å². The van der Waals surface area contributed by atoms with E-state index >= 15 is 4.79 Å². The zero-order chi connectivity index (χ0) is 44.3. The van der Waals surface area contributed by atoms with E-state index in [2.05, 4.69) is 21.3 Å². The Kier molecular flexibility index (Phi) is 12.0. The van der Waals surface area contributed by atoms with E-state index in [1.807, 2.05) is 74.7 Å². The summed E-state index contributed by atoms with van der Waals surface area (Å²) in [5.74, 6) is 0.373. The molecule has 2 saturated heterocycles. The molecule has 63 heavy (non-hydrogen) atoms. The van der Waals surface area contributed by atoms with Crippen LogP contribution in [-0.4, -0.2) is 104 Å². The number of hydrogen-bond donors (Lipinski definition) is 1. The highest BCUT2D eigenvalue weighted by atomic mass is 35.5. The first-order valence-electron chi connectivity index (χ1n) is 22.1. The van der Waals surface area contributed by atoms with Gasteiger partial charge in [0, 0.05) is 115 Å². The highest BCUT2D eigenvalue weighted by Gasteiger charge is 2.38. The van der Waals surface area contributed by atoms with Crippen LogP contribution in [0.4, 0.5) is 5.69 Å². The summed E-state index contributed by atoms with van der Waals surface area (Å²) in [7, 11) is 1.91. The molecule has 2 fully saturated rings. The van der Waals surface area contributed by atoms with Gasteiger partial charge in [-0.25, -0.2) is 14.8 Å². The molecule has 9 rings (SSSR count). The molecule has 3 aliphatic heterocycles. The fraction of sp³-hybridized carbons (Fsp3) is 0.429. The highest BCUT2D eigenvalue weighted by Crippen LogP contribution is 2.45. The van der Waals surface area contributed by atoms with Crippen LogP contribution in [0.5, 0.6) is 5.75 Å². The lowest BCUT2D eigenvalue weighted by atomic mass is 9.97. The number of carboxylic acid groups (broad SMARTS) is 1. The lowest BCUT2D eigenvalue weighted by Gasteiger charge is -2.40. The molecule has 3 aromatic carbocycles. The average Bonchev–Trinajstić information content (AvgIpc) is 3.78. The first kappa shape index (κ1) is 43.3. The van der Waals surface area contributed by atoms with Crippen molar-refractivity contribution in [2.45, 2.75) is 78.9 Å². The van der Waals surface area contributed by atoms with Gasteiger partial charge < -0.3 is 28.6 Å². The number of fused-ring (bicyclic) bond motifs is 4. The summed E-state index contributed by atoms with van der Waals surface area (Å²) >= 11 is 13.7. The van der Waals surface area contributed by atoms with Crippen LogP contribution < -0.4 is 9.64 Å². The van der Waals surface area contributed by atoms with Gasteiger partial charge in [0.2, 0.25) is 0 Å². The Morgan fingerprint density at radius 3 is 2.30 bits per heavy atom. The minimum Gasteiger partial charge on any atom is -0.494 e. The van der Waals surface area contributed by atoms with Gasteiger partial charge in [-0.15, -0.1) is 0 Å². The maximum atomic E-state index is 15.3. The SMILES string of the molecule is Cc1cc(OCCCc2c3n(c4c(-c5c(C)nc(CN6CCN(C7CCOCC7)CC6)nc5C)c(Cl)ccc24)C(C)CN(c2cn(C)c4ccc(C(=O)O)cc24)C3=O)cc(C)c1Cl. The number of piperazine rings is 1. The van der Waals surface area contributed by atoms with Crippen molar-refractivity contribution in [3.63, 3.8) is 0 Å². The van der Waals surface area contributed by atoms with Crippen LogP contribution in [0.2, 0.25) is 10.0 Å². The highest BCUT2D eigenvalue weighted by molar-refractivity contribution is 6.35. The number of halogens is 2. The number of ether oxygens (including phenoxy) is 2. The van der Waals surface area contributed by atoms with Crippen molar-refractivity contribution in [2.24, 2.45) is 7.05 Å². The molecule has 0 spiro atoms. The van der Waals surface area contributed by atoms with E-state index in [9.17, 15) is 9.90 Å². The van der Waals surface area contributed by atoms with E-state index in [-0.39, 0.29) is 17.5 Å². The third-order valence-corrected chi connectivity index (χ3v) is 14.3. The maximum Gasteiger partial charge on any atom is 0.335 e. The summed E-state index contributed by atoms with van der Waals surface area (Å²) in [4.78, 5) is 44.5. The second kappa shape index (κ2) is 17.5. The number of aryl methyl sites for hydroxylation is 6. The Bertz CT molecular complexity index is 2720. The minimum atomic E-state index is -1.02. The lowest BCUT2D eigenvalue weighted by Crippen LogP contribution is -2.51. The molecule has 14 heteroatoms.